The number of nitrogens with one attached hydrogen (secondary N) is 3. The van der Waals surface area contributed by atoms with Crippen LogP contribution in [0.3, 0.4) is 0 Å². The van der Waals surface area contributed by atoms with E-state index in [9.17, 15) is 4.79 Å². The van der Waals surface area contributed by atoms with Crippen LogP contribution in [-0.4, -0.2) is 32.1 Å². The molecule has 24 heavy (non-hydrogen) atoms. The smallest absolute Gasteiger partial charge is 0.320 e. The minimum absolute atomic E-state index is 0.128. The maximum atomic E-state index is 12.3. The summed E-state index contributed by atoms with van der Waals surface area (Å²) in [7, 11) is 0. The molecule has 1 aliphatic carbocycles. The van der Waals surface area contributed by atoms with Gasteiger partial charge < -0.3 is 5.32 Å². The van der Waals surface area contributed by atoms with Crippen LogP contribution in [0.5, 0.6) is 0 Å². The zero-order valence-electron chi connectivity index (χ0n) is 13.0. The summed E-state index contributed by atoms with van der Waals surface area (Å²) in [5.74, 6) is 0.695. The molecule has 0 radical (unpaired) electrons. The van der Waals surface area contributed by atoms with E-state index < -0.39 is 0 Å². The number of hydrogen-bond donors (Lipinski definition) is 3. The number of rotatable bonds is 4. The van der Waals surface area contributed by atoms with Crippen LogP contribution < -0.4 is 10.6 Å². The second-order valence-electron chi connectivity index (χ2n) is 5.87. The Kier molecular flexibility index (Phi) is 4.04. The fourth-order valence-electron chi connectivity index (χ4n) is 2.99. The third kappa shape index (κ3) is 3.18. The largest absolute Gasteiger partial charge is 0.335 e. The van der Waals surface area contributed by atoms with Gasteiger partial charge in [-0.05, 0) is 36.3 Å². The molecule has 0 saturated heterocycles. The fourth-order valence-corrected chi connectivity index (χ4v) is 3.68. The molecule has 3 heterocycles. The van der Waals surface area contributed by atoms with Gasteiger partial charge in [0, 0.05) is 22.7 Å². The minimum Gasteiger partial charge on any atom is -0.335 e. The van der Waals surface area contributed by atoms with Crippen molar-refractivity contribution in [3.8, 4) is 0 Å². The van der Waals surface area contributed by atoms with Crippen molar-refractivity contribution in [2.75, 3.05) is 5.32 Å². The lowest BCUT2D eigenvalue weighted by Crippen LogP contribution is -2.41. The lowest BCUT2D eigenvalue weighted by atomic mass is 9.94. The molecule has 3 aromatic rings. The van der Waals surface area contributed by atoms with Crippen molar-refractivity contribution in [2.24, 2.45) is 0 Å². The predicted octanol–water partition coefficient (Wildman–Crippen LogP) is 2.40. The molecule has 8 heteroatoms. The Balaban J connectivity index is 1.36. The van der Waals surface area contributed by atoms with E-state index in [1.54, 1.807) is 22.2 Å². The number of H-pyrrole nitrogens is 1. The van der Waals surface area contributed by atoms with Crippen LogP contribution in [0.2, 0.25) is 0 Å². The summed E-state index contributed by atoms with van der Waals surface area (Å²) in [6.45, 7) is 0.655. The first-order valence-corrected chi connectivity index (χ1v) is 8.79. The summed E-state index contributed by atoms with van der Waals surface area (Å²) in [6, 6.07) is 5.81. The van der Waals surface area contributed by atoms with E-state index in [0.29, 0.717) is 12.4 Å². The highest BCUT2D eigenvalue weighted by atomic mass is 32.1. The topological polar surface area (TPSA) is 87.6 Å². The van der Waals surface area contributed by atoms with Crippen LogP contribution in [0.25, 0.3) is 0 Å². The quantitative estimate of drug-likeness (QED) is 0.680. The zero-order chi connectivity index (χ0) is 16.4. The Labute approximate surface area is 143 Å². The molecule has 0 fully saturated rings. The molecule has 1 aliphatic rings. The number of amides is 2. The van der Waals surface area contributed by atoms with Crippen LogP contribution >= 0.6 is 11.3 Å². The summed E-state index contributed by atoms with van der Waals surface area (Å²) in [4.78, 5) is 13.5. The number of aryl methyl sites for hydroxylation is 1. The van der Waals surface area contributed by atoms with E-state index in [1.807, 2.05) is 23.7 Å². The van der Waals surface area contributed by atoms with Crippen molar-refractivity contribution in [3.05, 3.63) is 52.1 Å². The molecular weight excluding hydrogens is 324 g/mol. The third-order valence-electron chi connectivity index (χ3n) is 4.20. The number of hydrogen-bond acceptors (Lipinski definition) is 4. The van der Waals surface area contributed by atoms with Crippen molar-refractivity contribution in [3.63, 3.8) is 0 Å². The van der Waals surface area contributed by atoms with Crippen LogP contribution in [0.15, 0.2) is 36.0 Å². The van der Waals surface area contributed by atoms with Gasteiger partial charge in [0.1, 0.15) is 5.82 Å². The van der Waals surface area contributed by atoms with Gasteiger partial charge in [0.2, 0.25) is 0 Å². The molecule has 0 aromatic carbocycles. The lowest BCUT2D eigenvalue weighted by Gasteiger charge is -2.23. The van der Waals surface area contributed by atoms with E-state index in [-0.39, 0.29) is 12.1 Å². The van der Waals surface area contributed by atoms with Crippen molar-refractivity contribution < 1.29 is 4.79 Å². The Morgan fingerprint density at radius 2 is 2.42 bits per heavy atom. The second kappa shape index (κ2) is 6.48. The normalized spacial score (nSPS) is 16.6. The molecular formula is C16H18N6OS. The van der Waals surface area contributed by atoms with Crippen molar-refractivity contribution in [2.45, 2.75) is 31.8 Å². The summed E-state index contributed by atoms with van der Waals surface area (Å²) >= 11 is 1.67. The average Bonchev–Trinajstić information content (AvgIpc) is 3.30. The van der Waals surface area contributed by atoms with Crippen LogP contribution in [0.4, 0.5) is 10.6 Å². The minimum atomic E-state index is -0.195. The van der Waals surface area contributed by atoms with Gasteiger partial charge in [-0.15, -0.1) is 11.3 Å². The number of aromatic amines is 1. The maximum Gasteiger partial charge on any atom is 0.320 e. The Morgan fingerprint density at radius 1 is 1.46 bits per heavy atom. The van der Waals surface area contributed by atoms with Crippen molar-refractivity contribution in [1.82, 2.24) is 25.3 Å². The number of thiophene rings is 1. The van der Waals surface area contributed by atoms with Crippen LogP contribution in [-0.2, 0) is 19.4 Å². The molecule has 2 amide bonds. The highest BCUT2D eigenvalue weighted by Gasteiger charge is 2.21. The summed E-state index contributed by atoms with van der Waals surface area (Å²) in [5.41, 5.74) is 2.37. The first kappa shape index (κ1) is 14.9. The molecule has 4 rings (SSSR count). The monoisotopic (exact) mass is 342 g/mol. The molecule has 7 nitrogen and oxygen atoms in total. The highest BCUT2D eigenvalue weighted by Crippen LogP contribution is 2.19. The van der Waals surface area contributed by atoms with E-state index in [2.05, 4.69) is 32.0 Å². The summed E-state index contributed by atoms with van der Waals surface area (Å²) in [5, 5.41) is 19.3. The van der Waals surface area contributed by atoms with Gasteiger partial charge in [0.25, 0.3) is 0 Å². The first-order chi connectivity index (χ1) is 11.8. The van der Waals surface area contributed by atoms with E-state index in [1.165, 1.54) is 16.1 Å². The van der Waals surface area contributed by atoms with E-state index in [0.717, 1.165) is 19.3 Å². The summed E-state index contributed by atoms with van der Waals surface area (Å²) < 4.78 is 1.79. The lowest BCUT2D eigenvalue weighted by molar-refractivity contribution is 0.247. The van der Waals surface area contributed by atoms with Gasteiger partial charge in [-0.25, -0.2) is 9.48 Å². The van der Waals surface area contributed by atoms with E-state index in [4.69, 9.17) is 0 Å². The summed E-state index contributed by atoms with van der Waals surface area (Å²) in [6.07, 6.45) is 6.18. The first-order valence-electron chi connectivity index (χ1n) is 7.91. The number of urea groups is 1. The molecule has 3 aromatic heterocycles. The van der Waals surface area contributed by atoms with Crippen LogP contribution in [0, 0.1) is 0 Å². The number of carbonyl (C=O) groups is 1. The molecule has 124 valence electrons. The van der Waals surface area contributed by atoms with Crippen LogP contribution in [0.1, 0.15) is 22.6 Å². The Morgan fingerprint density at radius 3 is 3.29 bits per heavy atom. The molecule has 0 aliphatic heterocycles. The standard InChI is InChI=1S/C16H18N6OS/c23-16(19-12-3-4-14-11(8-12)9-17-21-14)20-15-5-6-18-22(15)10-13-2-1-7-24-13/h1-2,5-7,9,12H,3-4,8,10H2,(H,17,21)(H2,19,20,23)/t12-/m1/s1. The van der Waals surface area contributed by atoms with Crippen molar-refractivity contribution in [1.29, 1.82) is 0 Å². The zero-order valence-corrected chi connectivity index (χ0v) is 13.8. The fraction of sp³-hybridized carbons (Fsp3) is 0.312. The number of carbonyl (C=O) groups excluding carboxylic acids is 1. The number of nitrogens with zero attached hydrogens (tertiary/aromatic N) is 3. The number of aromatic nitrogens is 4. The second-order valence-corrected chi connectivity index (χ2v) is 6.90. The number of fused-ring (bicyclic) bond motifs is 1. The molecule has 0 spiro atoms. The molecule has 0 unspecified atom stereocenters. The van der Waals surface area contributed by atoms with Gasteiger partial charge in [0.05, 0.1) is 18.9 Å². The van der Waals surface area contributed by atoms with E-state index >= 15 is 0 Å². The molecule has 1 atom stereocenters. The van der Waals surface area contributed by atoms with Gasteiger partial charge in [0.15, 0.2) is 0 Å². The molecule has 0 saturated carbocycles. The number of anilines is 1. The highest BCUT2D eigenvalue weighted by molar-refractivity contribution is 7.09. The van der Waals surface area contributed by atoms with Gasteiger partial charge in [-0.1, -0.05) is 6.07 Å². The Hall–Kier alpha value is -2.61. The Bertz CT molecular complexity index is 821. The van der Waals surface area contributed by atoms with Gasteiger partial charge in [-0.3, -0.25) is 10.4 Å². The third-order valence-corrected chi connectivity index (χ3v) is 5.06. The van der Waals surface area contributed by atoms with Gasteiger partial charge >= 0.3 is 6.03 Å². The average molecular weight is 342 g/mol. The molecule has 3 N–H and O–H groups in total. The molecule has 0 bridgehead atoms. The van der Waals surface area contributed by atoms with Gasteiger partial charge in [-0.2, -0.15) is 10.2 Å². The SMILES string of the molecule is O=C(Nc1ccnn1Cc1cccs1)N[C@@H]1CCc2[nH]ncc2C1. The maximum absolute atomic E-state index is 12.3. The predicted molar refractivity (Wildman–Crippen MR) is 92.2 cm³/mol. The van der Waals surface area contributed by atoms with Crippen molar-refractivity contribution >= 4 is 23.2 Å².